The molecule has 1 aliphatic rings. The number of carbonyl (C=O) groups is 2. The number of hydrogen-bond acceptors (Lipinski definition) is 6. The van der Waals surface area contributed by atoms with Gasteiger partial charge in [-0.3, -0.25) is 9.59 Å². The Bertz CT molecular complexity index is 663. The third-order valence-electron chi connectivity index (χ3n) is 3.19. The third kappa shape index (κ3) is 3.79. The molecule has 0 bridgehead atoms. The maximum absolute atomic E-state index is 11.8. The highest BCUT2D eigenvalue weighted by Gasteiger charge is 2.27. The van der Waals surface area contributed by atoms with Gasteiger partial charge in [-0.25, -0.2) is 4.98 Å². The summed E-state index contributed by atoms with van der Waals surface area (Å²) < 4.78 is 10.6. The van der Waals surface area contributed by atoms with Crippen molar-refractivity contribution in [3.8, 4) is 0 Å². The molecule has 1 fully saturated rings. The highest BCUT2D eigenvalue weighted by atomic mass is 32.2. The second-order valence-electron chi connectivity index (χ2n) is 5.15. The van der Waals surface area contributed by atoms with Gasteiger partial charge in [-0.2, -0.15) is 0 Å². The van der Waals surface area contributed by atoms with E-state index in [1.165, 1.54) is 0 Å². The predicted molar refractivity (Wildman–Crippen MR) is 81.5 cm³/mol. The largest absolute Gasteiger partial charge is 0.452 e. The minimum atomic E-state index is -0.780. The summed E-state index contributed by atoms with van der Waals surface area (Å²) in [6, 6.07) is 7.63. The van der Waals surface area contributed by atoms with Crippen molar-refractivity contribution in [1.82, 2.24) is 10.3 Å². The first-order chi connectivity index (χ1) is 10.6. The van der Waals surface area contributed by atoms with Crippen LogP contribution in [0.5, 0.6) is 0 Å². The molecule has 0 aliphatic heterocycles. The average molecular weight is 320 g/mol. The molecule has 1 aromatic carbocycles. The molecule has 1 atom stereocenters. The van der Waals surface area contributed by atoms with E-state index in [0.29, 0.717) is 10.8 Å². The van der Waals surface area contributed by atoms with Crippen molar-refractivity contribution in [1.29, 1.82) is 0 Å². The van der Waals surface area contributed by atoms with E-state index in [1.807, 2.05) is 24.3 Å². The summed E-state index contributed by atoms with van der Waals surface area (Å²) in [5.41, 5.74) is 1.42. The Morgan fingerprint density at radius 2 is 2.23 bits per heavy atom. The second kappa shape index (κ2) is 6.39. The lowest BCUT2D eigenvalue weighted by Gasteiger charge is -2.12. The molecule has 1 N–H and O–H groups in total. The molecule has 7 heteroatoms. The first kappa shape index (κ1) is 14.9. The van der Waals surface area contributed by atoms with Crippen molar-refractivity contribution in [3.63, 3.8) is 0 Å². The first-order valence-corrected chi connectivity index (χ1v) is 8.08. The van der Waals surface area contributed by atoms with Gasteiger partial charge in [-0.15, -0.1) is 0 Å². The van der Waals surface area contributed by atoms with Crippen LogP contribution in [0.3, 0.4) is 0 Å². The summed E-state index contributed by atoms with van der Waals surface area (Å²) in [7, 11) is 0. The summed E-state index contributed by atoms with van der Waals surface area (Å²) >= 11 is 1.15. The van der Waals surface area contributed by atoms with Gasteiger partial charge in [-0.1, -0.05) is 23.9 Å². The Labute approximate surface area is 131 Å². The summed E-state index contributed by atoms with van der Waals surface area (Å²) in [6.07, 6.45) is 1.22. The number of esters is 1. The number of benzene rings is 1. The van der Waals surface area contributed by atoms with E-state index < -0.39 is 12.1 Å². The van der Waals surface area contributed by atoms with Crippen LogP contribution in [0, 0.1) is 0 Å². The van der Waals surface area contributed by atoms with Crippen molar-refractivity contribution >= 4 is 34.7 Å². The SMILES string of the molecule is CC(OC(=O)CSc1nc2ccccc2o1)C(=O)NC1CC1. The zero-order chi connectivity index (χ0) is 15.5. The van der Waals surface area contributed by atoms with Crippen LogP contribution in [0.25, 0.3) is 11.1 Å². The Morgan fingerprint density at radius 1 is 1.45 bits per heavy atom. The van der Waals surface area contributed by atoms with Crippen molar-refractivity contribution in [2.24, 2.45) is 0 Å². The number of aromatic nitrogens is 1. The molecule has 22 heavy (non-hydrogen) atoms. The summed E-state index contributed by atoms with van der Waals surface area (Å²) in [4.78, 5) is 27.7. The smallest absolute Gasteiger partial charge is 0.317 e. The first-order valence-electron chi connectivity index (χ1n) is 7.10. The molecule has 1 saturated carbocycles. The maximum atomic E-state index is 11.8. The number of nitrogens with one attached hydrogen (secondary N) is 1. The van der Waals surface area contributed by atoms with Crippen molar-refractivity contribution in [2.75, 3.05) is 5.75 Å². The van der Waals surface area contributed by atoms with Gasteiger partial charge in [0.2, 0.25) is 0 Å². The van der Waals surface area contributed by atoms with Crippen molar-refractivity contribution < 1.29 is 18.7 Å². The molecule has 0 radical (unpaired) electrons. The maximum Gasteiger partial charge on any atom is 0.317 e. The lowest BCUT2D eigenvalue weighted by molar-refractivity contribution is -0.152. The second-order valence-corrected chi connectivity index (χ2v) is 6.08. The number of nitrogens with zero attached hydrogens (tertiary/aromatic N) is 1. The quantitative estimate of drug-likeness (QED) is 0.648. The van der Waals surface area contributed by atoms with Gasteiger partial charge >= 0.3 is 5.97 Å². The molecule has 2 aromatic rings. The van der Waals surface area contributed by atoms with E-state index >= 15 is 0 Å². The van der Waals surface area contributed by atoms with Crippen LogP contribution in [0.4, 0.5) is 0 Å². The topological polar surface area (TPSA) is 81.4 Å². The van der Waals surface area contributed by atoms with Crippen LogP contribution < -0.4 is 5.32 Å². The molecule has 1 unspecified atom stereocenters. The van der Waals surface area contributed by atoms with E-state index in [2.05, 4.69) is 10.3 Å². The fourth-order valence-corrected chi connectivity index (χ4v) is 2.49. The highest BCUT2D eigenvalue weighted by molar-refractivity contribution is 7.99. The fourth-order valence-electron chi connectivity index (χ4n) is 1.86. The van der Waals surface area contributed by atoms with Crippen LogP contribution in [0.2, 0.25) is 0 Å². The van der Waals surface area contributed by atoms with E-state index in [0.717, 1.165) is 30.1 Å². The minimum absolute atomic E-state index is 0.0495. The molecule has 6 nitrogen and oxygen atoms in total. The molecule has 116 valence electrons. The van der Waals surface area contributed by atoms with Gasteiger partial charge in [0, 0.05) is 6.04 Å². The molecule has 3 rings (SSSR count). The van der Waals surface area contributed by atoms with Gasteiger partial charge in [-0.05, 0) is 31.9 Å². The van der Waals surface area contributed by atoms with Crippen LogP contribution in [-0.2, 0) is 14.3 Å². The normalized spacial score (nSPS) is 15.5. The van der Waals surface area contributed by atoms with Crippen LogP contribution in [-0.4, -0.2) is 34.8 Å². The lowest BCUT2D eigenvalue weighted by atomic mass is 10.3. The Hall–Kier alpha value is -2.02. The van der Waals surface area contributed by atoms with Gasteiger partial charge in [0.1, 0.15) is 11.3 Å². The van der Waals surface area contributed by atoms with Gasteiger partial charge < -0.3 is 14.5 Å². The molecule has 0 saturated heterocycles. The number of hydrogen-bond donors (Lipinski definition) is 1. The summed E-state index contributed by atoms with van der Waals surface area (Å²) in [5, 5.41) is 3.21. The fraction of sp³-hybridized carbons (Fsp3) is 0.400. The number of amides is 1. The molecule has 1 aliphatic carbocycles. The van der Waals surface area contributed by atoms with Gasteiger partial charge in [0.15, 0.2) is 11.7 Å². The van der Waals surface area contributed by atoms with E-state index in [1.54, 1.807) is 6.92 Å². The molecular weight excluding hydrogens is 304 g/mol. The minimum Gasteiger partial charge on any atom is -0.452 e. The number of ether oxygens (including phenoxy) is 1. The molecular formula is C15H16N2O4S. The molecule has 1 amide bonds. The molecule has 1 heterocycles. The number of thioether (sulfide) groups is 1. The zero-order valence-electron chi connectivity index (χ0n) is 12.1. The summed E-state index contributed by atoms with van der Waals surface area (Å²) in [6.45, 7) is 1.57. The number of oxazole rings is 1. The van der Waals surface area contributed by atoms with Gasteiger partial charge in [0.25, 0.3) is 11.1 Å². The number of fused-ring (bicyclic) bond motifs is 1. The van der Waals surface area contributed by atoms with E-state index in [-0.39, 0.29) is 17.7 Å². The number of rotatable bonds is 6. The number of carbonyl (C=O) groups excluding carboxylic acids is 2. The Balaban J connectivity index is 1.47. The Kier molecular flexibility index (Phi) is 4.33. The van der Waals surface area contributed by atoms with Crippen molar-refractivity contribution in [3.05, 3.63) is 24.3 Å². The lowest BCUT2D eigenvalue weighted by Crippen LogP contribution is -2.37. The van der Waals surface area contributed by atoms with Crippen LogP contribution in [0.15, 0.2) is 33.9 Å². The highest BCUT2D eigenvalue weighted by Crippen LogP contribution is 2.23. The van der Waals surface area contributed by atoms with Crippen molar-refractivity contribution in [2.45, 2.75) is 37.1 Å². The summed E-state index contributed by atoms with van der Waals surface area (Å²) in [5.74, 6) is -0.665. The zero-order valence-corrected chi connectivity index (χ0v) is 12.9. The Morgan fingerprint density at radius 3 is 2.95 bits per heavy atom. The van der Waals surface area contributed by atoms with E-state index in [9.17, 15) is 9.59 Å². The molecule has 1 aromatic heterocycles. The average Bonchev–Trinajstić information content (AvgIpc) is 3.21. The predicted octanol–water partition coefficient (Wildman–Crippen LogP) is 2.13. The van der Waals surface area contributed by atoms with Crippen LogP contribution >= 0.6 is 11.8 Å². The number of para-hydroxylation sites is 2. The van der Waals surface area contributed by atoms with Gasteiger partial charge in [0.05, 0.1) is 0 Å². The third-order valence-corrected chi connectivity index (χ3v) is 3.99. The monoisotopic (exact) mass is 320 g/mol. The van der Waals surface area contributed by atoms with E-state index in [4.69, 9.17) is 9.15 Å². The molecule has 0 spiro atoms. The van der Waals surface area contributed by atoms with Crippen LogP contribution in [0.1, 0.15) is 19.8 Å². The standard InChI is InChI=1S/C15H16N2O4S/c1-9(14(19)16-10-6-7-10)20-13(18)8-22-15-17-11-4-2-3-5-12(11)21-15/h2-5,9-10H,6-8H2,1H3,(H,16,19).